The van der Waals surface area contributed by atoms with Gasteiger partial charge >= 0.3 is 0 Å². The summed E-state index contributed by atoms with van der Waals surface area (Å²) in [5.41, 5.74) is 1.12. The molecule has 0 amide bonds. The van der Waals surface area contributed by atoms with Gasteiger partial charge in [0.25, 0.3) is 0 Å². The number of hydrogen-bond acceptors (Lipinski definition) is 3. The first-order chi connectivity index (χ1) is 9.65. The minimum Gasteiger partial charge on any atom is -0.369 e. The summed E-state index contributed by atoms with van der Waals surface area (Å²) >= 11 is 2.36. The maximum atomic E-state index is 4.83. The second-order valence-electron chi connectivity index (χ2n) is 5.89. The number of hydrogen-bond donors (Lipinski definition) is 1. The molecule has 1 aliphatic carbocycles. The van der Waals surface area contributed by atoms with Gasteiger partial charge in [-0.25, -0.2) is 9.97 Å². The van der Waals surface area contributed by atoms with E-state index in [9.17, 15) is 0 Å². The molecule has 0 aliphatic heterocycles. The standard InChI is InChI=1S/C16H26IN3/c1-4-9-18-16-14(17)11(3)19-15(20-16)13-8-6-7-12(5-2)10-13/h12-13H,4-10H2,1-3H3,(H,18,19,20). The van der Waals surface area contributed by atoms with Gasteiger partial charge in [-0.2, -0.15) is 0 Å². The van der Waals surface area contributed by atoms with E-state index in [4.69, 9.17) is 9.97 Å². The lowest BCUT2D eigenvalue weighted by Gasteiger charge is -2.28. The molecule has 112 valence electrons. The molecule has 4 heteroatoms. The van der Waals surface area contributed by atoms with Crippen molar-refractivity contribution in [2.24, 2.45) is 5.92 Å². The van der Waals surface area contributed by atoms with E-state index in [-0.39, 0.29) is 0 Å². The van der Waals surface area contributed by atoms with Crippen molar-refractivity contribution in [1.29, 1.82) is 0 Å². The Kier molecular flexibility index (Phi) is 6.05. The third kappa shape index (κ3) is 3.83. The fourth-order valence-corrected chi connectivity index (χ4v) is 3.45. The minimum atomic E-state index is 0.562. The molecule has 20 heavy (non-hydrogen) atoms. The third-order valence-corrected chi connectivity index (χ3v) is 5.59. The number of halogens is 1. The van der Waals surface area contributed by atoms with Crippen molar-refractivity contribution in [1.82, 2.24) is 9.97 Å². The highest BCUT2D eigenvalue weighted by Gasteiger charge is 2.25. The van der Waals surface area contributed by atoms with Crippen LogP contribution in [-0.2, 0) is 0 Å². The van der Waals surface area contributed by atoms with Gasteiger partial charge in [-0.1, -0.05) is 33.1 Å². The molecule has 0 radical (unpaired) electrons. The Morgan fingerprint density at radius 3 is 2.75 bits per heavy atom. The van der Waals surface area contributed by atoms with Crippen LogP contribution in [0, 0.1) is 16.4 Å². The van der Waals surface area contributed by atoms with Crippen LogP contribution in [0.1, 0.15) is 69.8 Å². The molecule has 1 aromatic rings. The highest BCUT2D eigenvalue weighted by molar-refractivity contribution is 14.1. The first kappa shape index (κ1) is 16.0. The monoisotopic (exact) mass is 387 g/mol. The van der Waals surface area contributed by atoms with Crippen LogP contribution < -0.4 is 5.32 Å². The Morgan fingerprint density at radius 1 is 1.25 bits per heavy atom. The molecule has 0 aromatic carbocycles. The molecule has 2 atom stereocenters. The van der Waals surface area contributed by atoms with Gasteiger partial charge in [0.2, 0.25) is 0 Å². The van der Waals surface area contributed by atoms with E-state index in [1.807, 2.05) is 0 Å². The Hall–Kier alpha value is -0.390. The van der Waals surface area contributed by atoms with Crippen molar-refractivity contribution in [2.75, 3.05) is 11.9 Å². The molecule has 3 nitrogen and oxygen atoms in total. The molecule has 1 N–H and O–H groups in total. The lowest BCUT2D eigenvalue weighted by molar-refractivity contribution is 0.307. The van der Waals surface area contributed by atoms with Crippen LogP contribution in [0.5, 0.6) is 0 Å². The number of nitrogens with one attached hydrogen (secondary N) is 1. The summed E-state index contributed by atoms with van der Waals surface area (Å²) in [6.45, 7) is 7.57. The van der Waals surface area contributed by atoms with E-state index >= 15 is 0 Å². The van der Waals surface area contributed by atoms with Gasteiger partial charge in [-0.3, -0.25) is 0 Å². The SMILES string of the molecule is CCCNc1nc(C2CCCC(CC)C2)nc(C)c1I. The zero-order chi connectivity index (χ0) is 14.5. The summed E-state index contributed by atoms with van der Waals surface area (Å²) in [6, 6.07) is 0. The van der Waals surface area contributed by atoms with Gasteiger partial charge in [0.15, 0.2) is 0 Å². The largest absolute Gasteiger partial charge is 0.369 e. The molecule has 2 rings (SSSR count). The molecular formula is C16H26IN3. The van der Waals surface area contributed by atoms with E-state index in [2.05, 4.69) is 48.7 Å². The topological polar surface area (TPSA) is 37.8 Å². The van der Waals surface area contributed by atoms with E-state index in [1.54, 1.807) is 0 Å². The predicted molar refractivity (Wildman–Crippen MR) is 93.3 cm³/mol. The highest BCUT2D eigenvalue weighted by Crippen LogP contribution is 2.37. The van der Waals surface area contributed by atoms with E-state index in [0.29, 0.717) is 5.92 Å². The van der Waals surface area contributed by atoms with Gasteiger partial charge in [0.05, 0.1) is 9.26 Å². The number of aryl methyl sites for hydroxylation is 1. The van der Waals surface area contributed by atoms with E-state index in [0.717, 1.165) is 36.2 Å². The number of aromatic nitrogens is 2. The maximum absolute atomic E-state index is 4.83. The molecule has 0 saturated heterocycles. The zero-order valence-electron chi connectivity index (χ0n) is 12.9. The molecule has 1 aliphatic rings. The lowest BCUT2D eigenvalue weighted by Crippen LogP contribution is -2.18. The second kappa shape index (κ2) is 7.57. The Labute approximate surface area is 136 Å². The van der Waals surface area contributed by atoms with Crippen LogP contribution >= 0.6 is 22.6 Å². The molecule has 0 bridgehead atoms. The Morgan fingerprint density at radius 2 is 2.05 bits per heavy atom. The summed E-state index contributed by atoms with van der Waals surface area (Å²) in [6.07, 6.45) is 7.65. The summed E-state index contributed by atoms with van der Waals surface area (Å²) < 4.78 is 1.17. The maximum Gasteiger partial charge on any atom is 0.143 e. The van der Waals surface area contributed by atoms with E-state index in [1.165, 1.54) is 35.7 Å². The smallest absolute Gasteiger partial charge is 0.143 e. The molecular weight excluding hydrogens is 361 g/mol. The average Bonchev–Trinajstić information content (AvgIpc) is 2.48. The van der Waals surface area contributed by atoms with Crippen molar-refractivity contribution < 1.29 is 0 Å². The first-order valence-electron chi connectivity index (χ1n) is 7.93. The van der Waals surface area contributed by atoms with Crippen molar-refractivity contribution >= 4 is 28.4 Å². The predicted octanol–water partition coefficient (Wildman–Crippen LogP) is 4.90. The number of nitrogens with zero attached hydrogens (tertiary/aromatic N) is 2. The van der Waals surface area contributed by atoms with Crippen LogP contribution in [-0.4, -0.2) is 16.5 Å². The summed E-state index contributed by atoms with van der Waals surface area (Å²) in [5.74, 6) is 3.53. The van der Waals surface area contributed by atoms with Crippen molar-refractivity contribution in [3.8, 4) is 0 Å². The highest BCUT2D eigenvalue weighted by atomic mass is 127. The lowest BCUT2D eigenvalue weighted by atomic mass is 9.80. The Balaban J connectivity index is 2.20. The summed E-state index contributed by atoms with van der Waals surface area (Å²) in [4.78, 5) is 9.61. The quantitative estimate of drug-likeness (QED) is 0.731. The summed E-state index contributed by atoms with van der Waals surface area (Å²) in [5, 5.41) is 3.45. The molecule has 0 spiro atoms. The molecule has 2 unspecified atom stereocenters. The van der Waals surface area contributed by atoms with Gasteiger partial charge in [0, 0.05) is 12.5 Å². The van der Waals surface area contributed by atoms with Gasteiger partial charge in [-0.05, 0) is 54.7 Å². The average molecular weight is 387 g/mol. The fourth-order valence-electron chi connectivity index (χ4n) is 3.02. The van der Waals surface area contributed by atoms with Crippen LogP contribution in [0.3, 0.4) is 0 Å². The minimum absolute atomic E-state index is 0.562. The molecule has 1 saturated carbocycles. The number of rotatable bonds is 5. The normalized spacial score (nSPS) is 22.8. The van der Waals surface area contributed by atoms with Crippen molar-refractivity contribution in [2.45, 2.75) is 65.2 Å². The van der Waals surface area contributed by atoms with Crippen LogP contribution in [0.4, 0.5) is 5.82 Å². The van der Waals surface area contributed by atoms with Gasteiger partial charge < -0.3 is 5.32 Å². The zero-order valence-corrected chi connectivity index (χ0v) is 15.0. The molecule has 1 fully saturated rings. The van der Waals surface area contributed by atoms with Crippen LogP contribution in [0.15, 0.2) is 0 Å². The van der Waals surface area contributed by atoms with Gasteiger partial charge in [-0.15, -0.1) is 0 Å². The van der Waals surface area contributed by atoms with Crippen molar-refractivity contribution in [3.63, 3.8) is 0 Å². The van der Waals surface area contributed by atoms with Gasteiger partial charge in [0.1, 0.15) is 11.6 Å². The third-order valence-electron chi connectivity index (χ3n) is 4.30. The molecule has 1 heterocycles. The van der Waals surface area contributed by atoms with Crippen LogP contribution in [0.2, 0.25) is 0 Å². The number of anilines is 1. The fraction of sp³-hybridized carbons (Fsp3) is 0.750. The summed E-state index contributed by atoms with van der Waals surface area (Å²) in [7, 11) is 0. The Bertz CT molecular complexity index is 448. The van der Waals surface area contributed by atoms with E-state index < -0.39 is 0 Å². The second-order valence-corrected chi connectivity index (χ2v) is 6.97. The van der Waals surface area contributed by atoms with Crippen LogP contribution in [0.25, 0.3) is 0 Å². The molecule has 1 aromatic heterocycles. The van der Waals surface area contributed by atoms with Crippen molar-refractivity contribution in [3.05, 3.63) is 15.1 Å². The first-order valence-corrected chi connectivity index (χ1v) is 9.01.